The quantitative estimate of drug-likeness (QED) is 0.769. The van der Waals surface area contributed by atoms with Crippen LogP contribution in [0.2, 0.25) is 5.02 Å². The van der Waals surface area contributed by atoms with Gasteiger partial charge in [0, 0.05) is 37.7 Å². The molecule has 0 aromatic heterocycles. The molecule has 130 valence electrons. The molecular weight excluding hydrogens is 344 g/mol. The first kappa shape index (κ1) is 16.6. The number of benzene rings is 1. The van der Waals surface area contributed by atoms with E-state index >= 15 is 0 Å². The highest BCUT2D eigenvalue weighted by Gasteiger charge is 2.37. The third kappa shape index (κ3) is 3.15. The zero-order chi connectivity index (χ0) is 16.7. The van der Waals surface area contributed by atoms with Gasteiger partial charge in [0.1, 0.15) is 0 Å². The van der Waals surface area contributed by atoms with Crippen molar-refractivity contribution in [2.24, 2.45) is 17.8 Å². The van der Waals surface area contributed by atoms with Crippen molar-refractivity contribution in [3.8, 4) is 0 Å². The molecule has 1 saturated carbocycles. The van der Waals surface area contributed by atoms with Gasteiger partial charge in [-0.2, -0.15) is 4.31 Å². The number of hydrogen-bond donors (Lipinski definition) is 0. The maximum absolute atomic E-state index is 12.7. The third-order valence-electron chi connectivity index (χ3n) is 5.69. The van der Waals surface area contributed by atoms with Gasteiger partial charge in [-0.1, -0.05) is 23.8 Å². The van der Waals surface area contributed by atoms with Crippen LogP contribution < -0.4 is 0 Å². The molecule has 0 unspecified atom stereocenters. The summed E-state index contributed by atoms with van der Waals surface area (Å²) >= 11 is 5.85. The van der Waals surface area contributed by atoms with E-state index in [9.17, 15) is 8.42 Å². The summed E-state index contributed by atoms with van der Waals surface area (Å²) in [5, 5.41) is 0.554. The molecule has 3 atom stereocenters. The Hall–Kier alpha value is -0.880. The Balaban J connectivity index is 1.35. The molecule has 1 aromatic rings. The Morgan fingerprint density at radius 3 is 2.29 bits per heavy atom. The molecule has 1 heterocycles. The van der Waals surface area contributed by atoms with Crippen molar-refractivity contribution in [3.63, 3.8) is 0 Å². The number of rotatable bonds is 4. The lowest BCUT2D eigenvalue weighted by atomic mass is 9.93. The average molecular weight is 367 g/mol. The predicted octanol–water partition coefficient (Wildman–Crippen LogP) is 2.86. The predicted molar refractivity (Wildman–Crippen MR) is 95.5 cm³/mol. The molecule has 2 aliphatic carbocycles. The van der Waals surface area contributed by atoms with Gasteiger partial charge in [0.2, 0.25) is 10.0 Å². The van der Waals surface area contributed by atoms with Crippen LogP contribution in [-0.2, 0) is 10.0 Å². The summed E-state index contributed by atoms with van der Waals surface area (Å²) in [6.45, 7) is 3.90. The second-order valence-corrected chi connectivity index (χ2v) is 9.57. The maximum Gasteiger partial charge on any atom is 0.243 e. The summed E-state index contributed by atoms with van der Waals surface area (Å²) in [7, 11) is -3.40. The van der Waals surface area contributed by atoms with Gasteiger partial charge in [0.25, 0.3) is 0 Å². The van der Waals surface area contributed by atoms with Crippen molar-refractivity contribution in [2.45, 2.75) is 17.7 Å². The van der Waals surface area contributed by atoms with E-state index in [0.29, 0.717) is 23.0 Å². The molecule has 0 radical (unpaired) electrons. The van der Waals surface area contributed by atoms with E-state index in [4.69, 9.17) is 11.6 Å². The van der Waals surface area contributed by atoms with Gasteiger partial charge >= 0.3 is 0 Å². The molecule has 24 heavy (non-hydrogen) atoms. The van der Waals surface area contributed by atoms with E-state index in [2.05, 4.69) is 17.1 Å². The highest BCUT2D eigenvalue weighted by molar-refractivity contribution is 7.89. The highest BCUT2D eigenvalue weighted by atomic mass is 35.5. The van der Waals surface area contributed by atoms with E-state index in [-0.39, 0.29) is 0 Å². The van der Waals surface area contributed by atoms with Crippen LogP contribution in [0.5, 0.6) is 0 Å². The van der Waals surface area contributed by atoms with Crippen molar-refractivity contribution >= 4 is 21.6 Å². The van der Waals surface area contributed by atoms with Crippen LogP contribution in [0.1, 0.15) is 12.8 Å². The number of sulfonamides is 1. The summed E-state index contributed by atoms with van der Waals surface area (Å²) in [6, 6.07) is 6.44. The minimum atomic E-state index is -3.40. The minimum absolute atomic E-state index is 0.332. The molecule has 0 amide bonds. The standard InChI is InChI=1S/C18H23ClN2O2S/c19-17-3-5-18(6-4-17)24(22,23)21-9-7-20(8-10-21)13-16-12-14-1-2-15(16)11-14/h1-6,14-16H,7-13H2/t14-,15-,16+/m1/s1. The molecule has 1 saturated heterocycles. The van der Waals surface area contributed by atoms with Crippen molar-refractivity contribution in [1.82, 2.24) is 9.21 Å². The van der Waals surface area contributed by atoms with Gasteiger partial charge in [-0.25, -0.2) is 8.42 Å². The summed E-state index contributed by atoms with van der Waals surface area (Å²) in [6.07, 6.45) is 7.40. The molecule has 0 spiro atoms. The van der Waals surface area contributed by atoms with Gasteiger partial charge in [0.15, 0.2) is 0 Å². The second kappa shape index (κ2) is 6.45. The van der Waals surface area contributed by atoms with E-state index in [1.54, 1.807) is 28.6 Å². The molecule has 2 fully saturated rings. The molecular formula is C18H23ClN2O2S. The van der Waals surface area contributed by atoms with E-state index in [1.807, 2.05) is 0 Å². The molecule has 2 bridgehead atoms. The van der Waals surface area contributed by atoms with Crippen LogP contribution in [0, 0.1) is 17.8 Å². The maximum atomic E-state index is 12.7. The largest absolute Gasteiger partial charge is 0.300 e. The number of halogens is 1. The third-order valence-corrected chi connectivity index (χ3v) is 7.86. The van der Waals surface area contributed by atoms with Gasteiger partial charge in [-0.15, -0.1) is 0 Å². The molecule has 1 aliphatic heterocycles. The fraction of sp³-hybridized carbons (Fsp3) is 0.556. The first-order chi connectivity index (χ1) is 11.5. The topological polar surface area (TPSA) is 40.6 Å². The molecule has 0 N–H and O–H groups in total. The van der Waals surface area contributed by atoms with Gasteiger partial charge < -0.3 is 4.90 Å². The second-order valence-electron chi connectivity index (χ2n) is 7.20. The Bertz CT molecular complexity index is 724. The van der Waals surface area contributed by atoms with E-state index < -0.39 is 10.0 Å². The summed E-state index contributed by atoms with van der Waals surface area (Å²) in [4.78, 5) is 2.77. The molecule has 4 nitrogen and oxygen atoms in total. The van der Waals surface area contributed by atoms with Gasteiger partial charge in [-0.05, 0) is 54.9 Å². The lowest BCUT2D eigenvalue weighted by molar-refractivity contribution is 0.156. The Morgan fingerprint density at radius 2 is 1.71 bits per heavy atom. The zero-order valence-corrected chi connectivity index (χ0v) is 15.2. The normalized spacial score (nSPS) is 31.0. The minimum Gasteiger partial charge on any atom is -0.300 e. The summed E-state index contributed by atoms with van der Waals surface area (Å²) in [5.41, 5.74) is 0. The van der Waals surface area contributed by atoms with E-state index in [0.717, 1.165) is 37.4 Å². The van der Waals surface area contributed by atoms with Crippen molar-refractivity contribution in [1.29, 1.82) is 0 Å². The fourth-order valence-corrected chi connectivity index (χ4v) is 5.89. The first-order valence-corrected chi connectivity index (χ1v) is 10.5. The van der Waals surface area contributed by atoms with E-state index in [1.165, 1.54) is 12.8 Å². The smallest absolute Gasteiger partial charge is 0.243 e. The highest BCUT2D eigenvalue weighted by Crippen LogP contribution is 2.43. The van der Waals surface area contributed by atoms with Crippen LogP contribution in [0.25, 0.3) is 0 Å². The first-order valence-electron chi connectivity index (χ1n) is 8.69. The number of allylic oxidation sites excluding steroid dienone is 2. The van der Waals surface area contributed by atoms with Gasteiger partial charge in [-0.3, -0.25) is 0 Å². The SMILES string of the molecule is O=S(=O)(c1ccc(Cl)cc1)N1CCN(C[C@@H]2C[C@@H]3C=C[C@@H]2C3)CC1. The zero-order valence-electron chi connectivity index (χ0n) is 13.6. The lowest BCUT2D eigenvalue weighted by Gasteiger charge is -2.36. The molecule has 3 aliphatic rings. The van der Waals surface area contributed by atoms with Crippen LogP contribution in [0.15, 0.2) is 41.3 Å². The Kier molecular flexibility index (Phi) is 4.45. The van der Waals surface area contributed by atoms with Gasteiger partial charge in [0.05, 0.1) is 4.90 Å². The monoisotopic (exact) mass is 366 g/mol. The van der Waals surface area contributed by atoms with Crippen LogP contribution in [0.4, 0.5) is 0 Å². The van der Waals surface area contributed by atoms with Crippen molar-refractivity contribution < 1.29 is 8.42 Å². The Morgan fingerprint density at radius 1 is 1.00 bits per heavy atom. The number of piperazine rings is 1. The Labute approximate surface area is 149 Å². The molecule has 1 aromatic carbocycles. The molecule has 4 rings (SSSR count). The number of fused-ring (bicyclic) bond motifs is 2. The average Bonchev–Trinajstić information content (AvgIpc) is 3.19. The van der Waals surface area contributed by atoms with Crippen LogP contribution in [-0.4, -0.2) is 50.3 Å². The number of nitrogens with zero attached hydrogens (tertiary/aromatic N) is 2. The lowest BCUT2D eigenvalue weighted by Crippen LogP contribution is -2.49. The van der Waals surface area contributed by atoms with Crippen LogP contribution in [0.3, 0.4) is 0 Å². The number of hydrogen-bond acceptors (Lipinski definition) is 3. The van der Waals surface area contributed by atoms with Crippen LogP contribution >= 0.6 is 11.6 Å². The summed E-state index contributed by atoms with van der Waals surface area (Å²) < 4.78 is 27.0. The fourth-order valence-electron chi connectivity index (χ4n) is 4.34. The molecule has 6 heteroatoms. The van der Waals surface area contributed by atoms with Crippen molar-refractivity contribution in [2.75, 3.05) is 32.7 Å². The summed E-state index contributed by atoms with van der Waals surface area (Å²) in [5.74, 6) is 2.32. The van der Waals surface area contributed by atoms with Crippen molar-refractivity contribution in [3.05, 3.63) is 41.4 Å².